The molecule has 144 valence electrons. The SMILES string of the molecule is CCCn1nccc1C(=O)Nc1cc(C(N)=O)ccc1N1CCCC(C)C1. The zero-order valence-electron chi connectivity index (χ0n) is 15.9. The number of nitrogens with zero attached hydrogens (tertiary/aromatic N) is 3. The largest absolute Gasteiger partial charge is 0.370 e. The minimum absolute atomic E-state index is 0.242. The van der Waals surface area contributed by atoms with Gasteiger partial charge in [0.25, 0.3) is 5.91 Å². The van der Waals surface area contributed by atoms with Gasteiger partial charge in [-0.1, -0.05) is 13.8 Å². The molecule has 2 heterocycles. The van der Waals surface area contributed by atoms with Crippen molar-refractivity contribution in [1.29, 1.82) is 0 Å². The van der Waals surface area contributed by atoms with Crippen molar-refractivity contribution in [2.24, 2.45) is 11.7 Å². The highest BCUT2D eigenvalue weighted by Crippen LogP contribution is 2.31. The van der Waals surface area contributed by atoms with E-state index in [0.29, 0.717) is 29.4 Å². The van der Waals surface area contributed by atoms with Crippen molar-refractivity contribution in [1.82, 2.24) is 9.78 Å². The second-order valence-electron chi connectivity index (χ2n) is 7.18. The molecule has 2 aromatic rings. The number of nitrogens with two attached hydrogens (primary N) is 1. The smallest absolute Gasteiger partial charge is 0.273 e. The maximum absolute atomic E-state index is 12.8. The molecule has 2 amide bonds. The summed E-state index contributed by atoms with van der Waals surface area (Å²) in [6, 6.07) is 6.95. The first-order valence-electron chi connectivity index (χ1n) is 9.51. The number of carbonyl (C=O) groups excluding carboxylic acids is 2. The number of amides is 2. The summed E-state index contributed by atoms with van der Waals surface area (Å²) in [5, 5.41) is 7.18. The zero-order valence-corrected chi connectivity index (χ0v) is 15.9. The Hall–Kier alpha value is -2.83. The zero-order chi connectivity index (χ0) is 19.4. The molecule has 7 nitrogen and oxygen atoms in total. The third kappa shape index (κ3) is 4.30. The molecular formula is C20H27N5O2. The van der Waals surface area contributed by atoms with Gasteiger partial charge >= 0.3 is 0 Å². The standard InChI is InChI=1S/C20H27N5O2/c1-3-10-25-18(8-9-22-25)20(27)23-16-12-15(19(21)26)6-7-17(16)24-11-4-5-14(2)13-24/h6-9,12,14H,3-5,10-11,13H2,1-2H3,(H2,21,26)(H,23,27). The Morgan fingerprint density at radius 1 is 1.33 bits per heavy atom. The quantitative estimate of drug-likeness (QED) is 0.819. The molecule has 1 aromatic carbocycles. The molecule has 1 unspecified atom stereocenters. The highest BCUT2D eigenvalue weighted by Gasteiger charge is 2.21. The molecule has 1 aliphatic rings. The first kappa shape index (κ1) is 18.9. The lowest BCUT2D eigenvalue weighted by atomic mass is 9.99. The fraction of sp³-hybridized carbons (Fsp3) is 0.450. The molecule has 1 atom stereocenters. The van der Waals surface area contributed by atoms with E-state index >= 15 is 0 Å². The van der Waals surface area contributed by atoms with Crippen molar-refractivity contribution in [3.8, 4) is 0 Å². The Kier molecular flexibility index (Phi) is 5.78. The van der Waals surface area contributed by atoms with E-state index in [1.807, 2.05) is 13.0 Å². The molecular weight excluding hydrogens is 342 g/mol. The Morgan fingerprint density at radius 3 is 2.85 bits per heavy atom. The van der Waals surface area contributed by atoms with Crippen LogP contribution >= 0.6 is 0 Å². The molecule has 7 heteroatoms. The van der Waals surface area contributed by atoms with Crippen molar-refractivity contribution in [3.63, 3.8) is 0 Å². The van der Waals surface area contributed by atoms with Gasteiger partial charge in [0.2, 0.25) is 5.91 Å². The van der Waals surface area contributed by atoms with Gasteiger partial charge in [-0.3, -0.25) is 14.3 Å². The third-order valence-electron chi connectivity index (χ3n) is 4.91. The van der Waals surface area contributed by atoms with Crippen LogP contribution < -0.4 is 16.0 Å². The summed E-state index contributed by atoms with van der Waals surface area (Å²) < 4.78 is 1.69. The molecule has 1 aromatic heterocycles. The van der Waals surface area contributed by atoms with Crippen molar-refractivity contribution in [2.45, 2.75) is 39.7 Å². The molecule has 1 aliphatic heterocycles. The molecule has 0 radical (unpaired) electrons. The van der Waals surface area contributed by atoms with Crippen molar-refractivity contribution in [2.75, 3.05) is 23.3 Å². The molecule has 0 aliphatic carbocycles. The highest BCUT2D eigenvalue weighted by molar-refractivity contribution is 6.06. The molecule has 0 saturated carbocycles. The average Bonchev–Trinajstić information content (AvgIpc) is 3.10. The summed E-state index contributed by atoms with van der Waals surface area (Å²) in [5.41, 5.74) is 7.84. The lowest BCUT2D eigenvalue weighted by Crippen LogP contribution is -2.35. The fourth-order valence-corrected chi connectivity index (χ4v) is 3.58. The number of hydrogen-bond acceptors (Lipinski definition) is 4. The van der Waals surface area contributed by atoms with Gasteiger partial charge in [0.05, 0.1) is 11.4 Å². The van der Waals surface area contributed by atoms with E-state index in [-0.39, 0.29) is 5.91 Å². The maximum Gasteiger partial charge on any atom is 0.273 e. The number of carbonyl (C=O) groups is 2. The number of primary amides is 1. The maximum atomic E-state index is 12.8. The van der Waals surface area contributed by atoms with E-state index < -0.39 is 5.91 Å². The van der Waals surface area contributed by atoms with Crippen LogP contribution in [0.3, 0.4) is 0 Å². The van der Waals surface area contributed by atoms with Crippen LogP contribution in [0.25, 0.3) is 0 Å². The van der Waals surface area contributed by atoms with Gasteiger partial charge in [-0.2, -0.15) is 5.10 Å². The van der Waals surface area contributed by atoms with Crippen LogP contribution in [0, 0.1) is 5.92 Å². The van der Waals surface area contributed by atoms with Crippen LogP contribution in [0.5, 0.6) is 0 Å². The molecule has 1 fully saturated rings. The normalized spacial score (nSPS) is 17.0. The van der Waals surface area contributed by atoms with E-state index in [1.54, 1.807) is 29.1 Å². The summed E-state index contributed by atoms with van der Waals surface area (Å²) in [5.74, 6) is -0.168. The Morgan fingerprint density at radius 2 is 2.15 bits per heavy atom. The number of hydrogen-bond donors (Lipinski definition) is 2. The van der Waals surface area contributed by atoms with Crippen LogP contribution in [-0.4, -0.2) is 34.7 Å². The van der Waals surface area contributed by atoms with Gasteiger partial charge < -0.3 is 16.0 Å². The molecule has 0 spiro atoms. The number of aryl methyl sites for hydroxylation is 1. The second kappa shape index (κ2) is 8.24. The first-order valence-corrected chi connectivity index (χ1v) is 9.51. The van der Waals surface area contributed by atoms with Crippen LogP contribution in [0.1, 0.15) is 54.0 Å². The number of aromatic nitrogens is 2. The predicted octanol–water partition coefficient (Wildman–Crippen LogP) is 2.88. The third-order valence-corrected chi connectivity index (χ3v) is 4.91. The number of benzene rings is 1. The van der Waals surface area contributed by atoms with Crippen LogP contribution in [0.4, 0.5) is 11.4 Å². The predicted molar refractivity (Wildman–Crippen MR) is 106 cm³/mol. The molecule has 0 bridgehead atoms. The number of rotatable bonds is 6. The Bertz CT molecular complexity index is 830. The lowest BCUT2D eigenvalue weighted by Gasteiger charge is -2.34. The highest BCUT2D eigenvalue weighted by atomic mass is 16.2. The molecule has 1 saturated heterocycles. The number of piperidine rings is 1. The van der Waals surface area contributed by atoms with Gasteiger partial charge in [0.15, 0.2) is 0 Å². The van der Waals surface area contributed by atoms with Crippen LogP contribution in [-0.2, 0) is 6.54 Å². The topological polar surface area (TPSA) is 93.2 Å². The van der Waals surface area contributed by atoms with Crippen LogP contribution in [0.15, 0.2) is 30.5 Å². The van der Waals surface area contributed by atoms with E-state index in [0.717, 1.165) is 31.6 Å². The molecule has 3 N–H and O–H groups in total. The number of anilines is 2. The van der Waals surface area contributed by atoms with Gasteiger partial charge in [0.1, 0.15) is 5.69 Å². The van der Waals surface area contributed by atoms with E-state index in [4.69, 9.17) is 5.73 Å². The molecule has 3 rings (SSSR count). The van der Waals surface area contributed by atoms with Crippen molar-refractivity contribution >= 4 is 23.2 Å². The summed E-state index contributed by atoms with van der Waals surface area (Å²) in [7, 11) is 0. The van der Waals surface area contributed by atoms with Gasteiger partial charge in [0, 0.05) is 31.4 Å². The van der Waals surface area contributed by atoms with Crippen LogP contribution in [0.2, 0.25) is 0 Å². The summed E-state index contributed by atoms with van der Waals surface area (Å²) in [6.07, 6.45) is 4.82. The summed E-state index contributed by atoms with van der Waals surface area (Å²) >= 11 is 0. The lowest BCUT2D eigenvalue weighted by molar-refractivity contribution is 0.0994. The summed E-state index contributed by atoms with van der Waals surface area (Å²) in [6.45, 7) is 6.79. The Balaban J connectivity index is 1.91. The minimum Gasteiger partial charge on any atom is -0.370 e. The van der Waals surface area contributed by atoms with E-state index in [1.165, 1.54) is 6.42 Å². The Labute approximate surface area is 159 Å². The van der Waals surface area contributed by atoms with Gasteiger partial charge in [-0.25, -0.2) is 0 Å². The van der Waals surface area contributed by atoms with Crippen molar-refractivity contribution < 1.29 is 9.59 Å². The number of nitrogens with one attached hydrogen (secondary N) is 1. The van der Waals surface area contributed by atoms with Gasteiger partial charge in [-0.05, 0) is 49.4 Å². The monoisotopic (exact) mass is 369 g/mol. The first-order chi connectivity index (χ1) is 13.0. The average molecular weight is 369 g/mol. The fourth-order valence-electron chi connectivity index (χ4n) is 3.58. The van der Waals surface area contributed by atoms with E-state index in [9.17, 15) is 9.59 Å². The van der Waals surface area contributed by atoms with Crippen molar-refractivity contribution in [3.05, 3.63) is 41.7 Å². The minimum atomic E-state index is -0.514. The second-order valence-corrected chi connectivity index (χ2v) is 7.18. The summed E-state index contributed by atoms with van der Waals surface area (Å²) in [4.78, 5) is 26.7. The molecule has 27 heavy (non-hydrogen) atoms. The van der Waals surface area contributed by atoms with Gasteiger partial charge in [-0.15, -0.1) is 0 Å². The van der Waals surface area contributed by atoms with E-state index in [2.05, 4.69) is 22.2 Å².